The van der Waals surface area contributed by atoms with Crippen LogP contribution in [-0.2, 0) is 0 Å². The first-order valence-electron chi connectivity index (χ1n) is 7.88. The van der Waals surface area contributed by atoms with Gasteiger partial charge in [0.05, 0.1) is 17.7 Å². The molecule has 0 amide bonds. The fourth-order valence-electron chi connectivity index (χ4n) is 2.86. The Morgan fingerprint density at radius 2 is 1.72 bits per heavy atom. The highest BCUT2D eigenvalue weighted by Crippen LogP contribution is 2.31. The molecule has 0 aliphatic heterocycles. The number of rotatable bonds is 5. The summed E-state index contributed by atoms with van der Waals surface area (Å²) in [6.07, 6.45) is 2.13. The van der Waals surface area contributed by atoms with Crippen molar-refractivity contribution in [2.45, 2.75) is 25.0 Å². The van der Waals surface area contributed by atoms with Crippen LogP contribution < -0.4 is 0 Å². The van der Waals surface area contributed by atoms with Crippen molar-refractivity contribution in [3.8, 4) is 6.07 Å². The van der Waals surface area contributed by atoms with Crippen LogP contribution in [0.4, 0.5) is 4.39 Å². The van der Waals surface area contributed by atoms with E-state index in [1.165, 1.54) is 18.5 Å². The lowest BCUT2D eigenvalue weighted by Gasteiger charge is -2.28. The van der Waals surface area contributed by atoms with Crippen molar-refractivity contribution >= 4 is 0 Å². The summed E-state index contributed by atoms with van der Waals surface area (Å²) in [7, 11) is 0. The molecular weight excluding hydrogens is 319 g/mol. The van der Waals surface area contributed by atoms with Gasteiger partial charge in [-0.05, 0) is 35.4 Å². The van der Waals surface area contributed by atoms with Crippen molar-refractivity contribution in [3.05, 3.63) is 83.7 Å². The molecule has 0 saturated heterocycles. The molecule has 3 rings (SSSR count). The first-order chi connectivity index (χ1) is 12.1. The molecule has 0 saturated carbocycles. The Kier molecular flexibility index (Phi) is 4.87. The number of aliphatic hydroxyl groups is 1. The lowest BCUT2D eigenvalue weighted by Crippen LogP contribution is -2.30. The molecule has 0 fully saturated rings. The summed E-state index contributed by atoms with van der Waals surface area (Å²) >= 11 is 0. The summed E-state index contributed by atoms with van der Waals surface area (Å²) in [6, 6.07) is 14.7. The largest absolute Gasteiger partial charge is 0.390 e. The van der Waals surface area contributed by atoms with Gasteiger partial charge in [0.25, 0.3) is 0 Å². The molecule has 0 aliphatic rings. The summed E-state index contributed by atoms with van der Waals surface area (Å²) in [6.45, 7) is 1.88. The van der Waals surface area contributed by atoms with E-state index >= 15 is 0 Å². The summed E-state index contributed by atoms with van der Waals surface area (Å²) in [4.78, 5) is 3.97. The van der Waals surface area contributed by atoms with Crippen LogP contribution in [0.15, 0.2) is 61.2 Å². The second kappa shape index (κ2) is 7.24. The Morgan fingerprint density at radius 1 is 1.08 bits per heavy atom. The highest BCUT2D eigenvalue weighted by molar-refractivity contribution is 5.34. The third kappa shape index (κ3) is 3.57. The van der Waals surface area contributed by atoms with Gasteiger partial charge >= 0.3 is 0 Å². The molecule has 0 spiro atoms. The molecular formula is C19H17FN4O. The zero-order chi connectivity index (χ0) is 17.8. The van der Waals surface area contributed by atoms with E-state index < -0.39 is 12.1 Å². The smallest absolute Gasteiger partial charge is 0.137 e. The van der Waals surface area contributed by atoms with Crippen LogP contribution in [-0.4, -0.2) is 26.0 Å². The Balaban J connectivity index is 1.96. The van der Waals surface area contributed by atoms with E-state index in [1.807, 2.05) is 6.92 Å². The van der Waals surface area contributed by atoms with Gasteiger partial charge in [0, 0.05) is 5.92 Å². The maximum atomic E-state index is 13.2. The molecule has 126 valence electrons. The third-order valence-electron chi connectivity index (χ3n) is 4.33. The van der Waals surface area contributed by atoms with Crippen molar-refractivity contribution in [3.63, 3.8) is 0 Å². The number of nitriles is 1. The normalized spacial score (nSPS) is 14.5. The average molecular weight is 336 g/mol. The van der Waals surface area contributed by atoms with Gasteiger partial charge in [0.15, 0.2) is 0 Å². The van der Waals surface area contributed by atoms with E-state index in [9.17, 15) is 9.50 Å². The average Bonchev–Trinajstić information content (AvgIpc) is 3.16. The van der Waals surface area contributed by atoms with Crippen LogP contribution in [0.5, 0.6) is 0 Å². The fraction of sp³-hybridized carbons (Fsp3) is 0.211. The summed E-state index contributed by atoms with van der Waals surface area (Å²) < 4.78 is 14.7. The SMILES string of the molecule is CC(c1ccc(F)cc1)C(O)C(c1ccc(C#N)cc1)n1cncn1. The predicted molar refractivity (Wildman–Crippen MR) is 90.1 cm³/mol. The molecule has 1 N–H and O–H groups in total. The number of halogens is 1. The second-order valence-electron chi connectivity index (χ2n) is 5.88. The van der Waals surface area contributed by atoms with Crippen molar-refractivity contribution < 1.29 is 9.50 Å². The van der Waals surface area contributed by atoms with Gasteiger partial charge in [-0.3, -0.25) is 0 Å². The topological polar surface area (TPSA) is 74.7 Å². The van der Waals surface area contributed by atoms with Crippen LogP contribution in [0.2, 0.25) is 0 Å². The van der Waals surface area contributed by atoms with Gasteiger partial charge in [-0.25, -0.2) is 14.1 Å². The Morgan fingerprint density at radius 3 is 2.28 bits per heavy atom. The lowest BCUT2D eigenvalue weighted by molar-refractivity contribution is 0.101. The first-order valence-corrected chi connectivity index (χ1v) is 7.88. The molecule has 6 heteroatoms. The number of aliphatic hydroxyl groups excluding tert-OH is 1. The number of hydrogen-bond acceptors (Lipinski definition) is 4. The molecule has 25 heavy (non-hydrogen) atoms. The van der Waals surface area contributed by atoms with E-state index in [2.05, 4.69) is 16.2 Å². The maximum Gasteiger partial charge on any atom is 0.137 e. The van der Waals surface area contributed by atoms with Gasteiger partial charge in [0.1, 0.15) is 24.5 Å². The van der Waals surface area contributed by atoms with E-state index in [0.29, 0.717) is 5.56 Å². The molecule has 0 radical (unpaired) electrons. The van der Waals surface area contributed by atoms with Gasteiger partial charge in [-0.1, -0.05) is 31.2 Å². The van der Waals surface area contributed by atoms with Crippen LogP contribution in [0, 0.1) is 17.1 Å². The minimum Gasteiger partial charge on any atom is -0.390 e. The highest BCUT2D eigenvalue weighted by Gasteiger charge is 2.29. The molecule has 3 aromatic rings. The highest BCUT2D eigenvalue weighted by atomic mass is 19.1. The molecule has 5 nitrogen and oxygen atoms in total. The van der Waals surface area contributed by atoms with E-state index in [-0.39, 0.29) is 11.7 Å². The number of benzene rings is 2. The molecule has 2 aromatic carbocycles. The van der Waals surface area contributed by atoms with Gasteiger partial charge in [0.2, 0.25) is 0 Å². The zero-order valence-electron chi connectivity index (χ0n) is 13.6. The molecule has 0 aliphatic carbocycles. The van der Waals surface area contributed by atoms with Crippen LogP contribution in [0.25, 0.3) is 0 Å². The summed E-state index contributed by atoms with van der Waals surface area (Å²) in [5.41, 5.74) is 2.18. The number of nitrogens with zero attached hydrogens (tertiary/aromatic N) is 4. The van der Waals surface area contributed by atoms with Crippen LogP contribution >= 0.6 is 0 Å². The van der Waals surface area contributed by atoms with Gasteiger partial charge < -0.3 is 5.11 Å². The first kappa shape index (κ1) is 16.8. The summed E-state index contributed by atoms with van der Waals surface area (Å²) in [5, 5.41) is 24.1. The van der Waals surface area contributed by atoms with Crippen molar-refractivity contribution in [1.29, 1.82) is 5.26 Å². The van der Waals surface area contributed by atoms with Crippen LogP contribution in [0.1, 0.15) is 35.6 Å². The molecule has 1 heterocycles. The number of hydrogen-bond donors (Lipinski definition) is 1. The quantitative estimate of drug-likeness (QED) is 0.777. The lowest BCUT2D eigenvalue weighted by atomic mass is 9.87. The van der Waals surface area contributed by atoms with E-state index in [0.717, 1.165) is 11.1 Å². The van der Waals surface area contributed by atoms with Crippen molar-refractivity contribution in [2.24, 2.45) is 0 Å². The third-order valence-corrected chi connectivity index (χ3v) is 4.33. The predicted octanol–water partition coefficient (Wildman–Crippen LogP) is 3.04. The fourth-order valence-corrected chi connectivity index (χ4v) is 2.86. The van der Waals surface area contributed by atoms with Crippen molar-refractivity contribution in [1.82, 2.24) is 14.8 Å². The Bertz CT molecular complexity index is 854. The molecule has 1 aromatic heterocycles. The molecule has 3 atom stereocenters. The second-order valence-corrected chi connectivity index (χ2v) is 5.88. The Hall–Kier alpha value is -3.04. The monoisotopic (exact) mass is 336 g/mol. The van der Waals surface area contributed by atoms with E-state index in [4.69, 9.17) is 5.26 Å². The maximum absolute atomic E-state index is 13.2. The number of aromatic nitrogens is 3. The molecule has 0 bridgehead atoms. The Labute approximate surface area is 145 Å². The standard InChI is InChI=1S/C19H17FN4O/c1-13(15-6-8-17(20)9-7-15)19(25)18(24-12-22-11-23-24)16-4-2-14(10-21)3-5-16/h2-9,11-13,18-19,25H,1H3. The summed E-state index contributed by atoms with van der Waals surface area (Å²) in [5.74, 6) is -0.573. The minimum atomic E-state index is -0.819. The van der Waals surface area contributed by atoms with E-state index in [1.54, 1.807) is 47.4 Å². The minimum absolute atomic E-state index is 0.259. The van der Waals surface area contributed by atoms with Crippen molar-refractivity contribution in [2.75, 3.05) is 0 Å². The van der Waals surface area contributed by atoms with Gasteiger partial charge in [-0.15, -0.1) is 0 Å². The molecule has 3 unspecified atom stereocenters. The van der Waals surface area contributed by atoms with Gasteiger partial charge in [-0.2, -0.15) is 10.4 Å². The zero-order valence-corrected chi connectivity index (χ0v) is 13.6. The van der Waals surface area contributed by atoms with Crippen LogP contribution in [0.3, 0.4) is 0 Å².